The van der Waals surface area contributed by atoms with E-state index >= 15 is 0 Å². The van der Waals surface area contributed by atoms with Gasteiger partial charge in [0, 0.05) is 13.1 Å². The number of aryl methyl sites for hydroxylation is 1. The topological polar surface area (TPSA) is 64.6 Å². The fraction of sp³-hybridized carbons (Fsp3) is 0.389. The number of nitrogens with zero attached hydrogens (tertiary/aromatic N) is 3. The van der Waals surface area contributed by atoms with Crippen LogP contribution in [0.2, 0.25) is 0 Å². The van der Waals surface area contributed by atoms with Gasteiger partial charge in [-0.05, 0) is 42.7 Å². The normalized spacial score (nSPS) is 13.5. The molecule has 1 amide bonds. The first-order chi connectivity index (χ1) is 12.4. The molecule has 0 saturated carbocycles. The van der Waals surface area contributed by atoms with E-state index < -0.39 is 18.0 Å². The molecule has 0 aliphatic carbocycles. The SMILES string of the molecule is COc1cc2c(cc1OC)CN(C(=O)c1cc(C(F)F)nc(C)n1)CC2. The summed E-state index contributed by atoms with van der Waals surface area (Å²) in [5.74, 6) is 0.977. The van der Waals surface area contributed by atoms with Crippen molar-refractivity contribution in [3.8, 4) is 11.5 Å². The van der Waals surface area contributed by atoms with Crippen LogP contribution in [0.5, 0.6) is 11.5 Å². The zero-order chi connectivity index (χ0) is 18.8. The van der Waals surface area contributed by atoms with Crippen molar-refractivity contribution in [3.63, 3.8) is 0 Å². The third-order valence-corrected chi connectivity index (χ3v) is 4.31. The summed E-state index contributed by atoms with van der Waals surface area (Å²) in [6.45, 7) is 2.31. The van der Waals surface area contributed by atoms with Crippen LogP contribution in [0.3, 0.4) is 0 Å². The van der Waals surface area contributed by atoms with Crippen molar-refractivity contribution in [1.29, 1.82) is 0 Å². The molecule has 2 aromatic rings. The Morgan fingerprint density at radius 3 is 2.38 bits per heavy atom. The smallest absolute Gasteiger partial charge is 0.280 e. The van der Waals surface area contributed by atoms with E-state index in [0.717, 1.165) is 17.2 Å². The Hall–Kier alpha value is -2.77. The molecule has 8 heteroatoms. The predicted octanol–water partition coefficient (Wildman–Crippen LogP) is 2.94. The largest absolute Gasteiger partial charge is 0.493 e. The second-order valence-electron chi connectivity index (χ2n) is 5.98. The van der Waals surface area contributed by atoms with Gasteiger partial charge in [-0.3, -0.25) is 4.79 Å². The number of carbonyl (C=O) groups excluding carboxylic acids is 1. The lowest BCUT2D eigenvalue weighted by atomic mass is 9.98. The molecule has 2 heterocycles. The highest BCUT2D eigenvalue weighted by molar-refractivity contribution is 5.92. The van der Waals surface area contributed by atoms with Crippen LogP contribution in [0.25, 0.3) is 0 Å². The number of hydrogen-bond donors (Lipinski definition) is 0. The van der Waals surface area contributed by atoms with Crippen molar-refractivity contribution >= 4 is 5.91 Å². The minimum absolute atomic E-state index is 0.0169. The highest BCUT2D eigenvalue weighted by atomic mass is 19.3. The molecule has 0 spiro atoms. The summed E-state index contributed by atoms with van der Waals surface area (Å²) < 4.78 is 36.5. The molecule has 1 aromatic heterocycles. The van der Waals surface area contributed by atoms with Crippen LogP contribution in [0.4, 0.5) is 8.78 Å². The minimum atomic E-state index is -2.75. The number of amides is 1. The molecule has 0 fully saturated rings. The first-order valence-electron chi connectivity index (χ1n) is 8.09. The van der Waals surface area contributed by atoms with Crippen LogP contribution >= 0.6 is 0 Å². The second-order valence-corrected chi connectivity index (χ2v) is 5.98. The lowest BCUT2D eigenvalue weighted by Gasteiger charge is -2.29. The van der Waals surface area contributed by atoms with E-state index in [4.69, 9.17) is 9.47 Å². The number of alkyl halides is 2. The quantitative estimate of drug-likeness (QED) is 0.836. The maximum absolute atomic E-state index is 12.9. The molecule has 0 radical (unpaired) electrons. The van der Waals surface area contributed by atoms with Crippen molar-refractivity contribution in [2.75, 3.05) is 20.8 Å². The van der Waals surface area contributed by atoms with Gasteiger partial charge < -0.3 is 14.4 Å². The lowest BCUT2D eigenvalue weighted by molar-refractivity contribution is 0.0727. The van der Waals surface area contributed by atoms with Gasteiger partial charge in [-0.25, -0.2) is 18.7 Å². The predicted molar refractivity (Wildman–Crippen MR) is 89.7 cm³/mol. The van der Waals surface area contributed by atoms with Crippen molar-refractivity contribution in [3.05, 3.63) is 46.5 Å². The van der Waals surface area contributed by atoms with E-state index in [0.29, 0.717) is 31.0 Å². The van der Waals surface area contributed by atoms with Crippen molar-refractivity contribution in [2.45, 2.75) is 26.3 Å². The Morgan fingerprint density at radius 1 is 1.12 bits per heavy atom. The molecule has 0 bridgehead atoms. The number of hydrogen-bond acceptors (Lipinski definition) is 5. The maximum Gasteiger partial charge on any atom is 0.280 e. The van der Waals surface area contributed by atoms with Crippen LogP contribution in [0, 0.1) is 6.92 Å². The van der Waals surface area contributed by atoms with E-state index in [1.807, 2.05) is 12.1 Å². The number of ether oxygens (including phenoxy) is 2. The van der Waals surface area contributed by atoms with Crippen LogP contribution in [0.15, 0.2) is 18.2 Å². The third-order valence-electron chi connectivity index (χ3n) is 4.31. The van der Waals surface area contributed by atoms with Gasteiger partial charge in [0.1, 0.15) is 17.2 Å². The highest BCUT2D eigenvalue weighted by Crippen LogP contribution is 2.33. The summed E-state index contributed by atoms with van der Waals surface area (Å²) in [5.41, 5.74) is 1.54. The fourth-order valence-electron chi connectivity index (χ4n) is 3.03. The standard InChI is InChI=1S/C18H19F2N3O3/c1-10-21-13(17(19)20)8-14(22-10)18(24)23-5-4-11-6-15(25-2)16(26-3)7-12(11)9-23/h6-8,17H,4-5,9H2,1-3H3. The zero-order valence-corrected chi connectivity index (χ0v) is 14.8. The Labute approximate surface area is 149 Å². The molecule has 0 unspecified atom stereocenters. The second kappa shape index (κ2) is 7.23. The van der Waals surface area contributed by atoms with Crippen molar-refractivity contribution in [1.82, 2.24) is 14.9 Å². The molecule has 0 saturated heterocycles. The summed E-state index contributed by atoms with van der Waals surface area (Å²) >= 11 is 0. The third kappa shape index (κ3) is 3.44. The maximum atomic E-state index is 12.9. The van der Waals surface area contributed by atoms with E-state index in [1.54, 1.807) is 19.1 Å². The lowest BCUT2D eigenvalue weighted by Crippen LogP contribution is -2.36. The van der Waals surface area contributed by atoms with Crippen LogP contribution < -0.4 is 9.47 Å². The van der Waals surface area contributed by atoms with Gasteiger partial charge in [-0.2, -0.15) is 0 Å². The van der Waals surface area contributed by atoms with Crippen LogP contribution in [-0.4, -0.2) is 41.5 Å². The van der Waals surface area contributed by atoms with E-state index in [1.165, 1.54) is 6.92 Å². The number of methoxy groups -OCH3 is 2. The molecule has 6 nitrogen and oxygen atoms in total. The summed E-state index contributed by atoms with van der Waals surface area (Å²) in [7, 11) is 3.12. The minimum Gasteiger partial charge on any atom is -0.493 e. The van der Waals surface area contributed by atoms with Crippen molar-refractivity contribution in [2.24, 2.45) is 0 Å². The molecule has 1 aliphatic rings. The first kappa shape index (κ1) is 18.0. The van der Waals surface area contributed by atoms with Gasteiger partial charge in [0.15, 0.2) is 11.5 Å². The molecule has 138 valence electrons. The molecule has 3 rings (SSSR count). The van der Waals surface area contributed by atoms with Gasteiger partial charge in [-0.1, -0.05) is 0 Å². The molecular formula is C18H19F2N3O3. The number of rotatable bonds is 4. The van der Waals surface area contributed by atoms with Crippen LogP contribution in [-0.2, 0) is 13.0 Å². The van der Waals surface area contributed by atoms with E-state index in [9.17, 15) is 13.6 Å². The number of fused-ring (bicyclic) bond motifs is 1. The molecule has 0 N–H and O–H groups in total. The molecule has 1 aliphatic heterocycles. The molecule has 0 atom stereocenters. The number of carbonyl (C=O) groups is 1. The average Bonchev–Trinajstić information content (AvgIpc) is 2.65. The Kier molecular flexibility index (Phi) is 5.01. The fourth-order valence-corrected chi connectivity index (χ4v) is 3.03. The number of halogens is 2. The van der Waals surface area contributed by atoms with Gasteiger partial charge in [-0.15, -0.1) is 0 Å². The monoisotopic (exact) mass is 363 g/mol. The highest BCUT2D eigenvalue weighted by Gasteiger charge is 2.25. The summed E-state index contributed by atoms with van der Waals surface area (Å²) in [6, 6.07) is 4.80. The molecular weight excluding hydrogens is 344 g/mol. The van der Waals surface area contributed by atoms with Gasteiger partial charge in [0.05, 0.1) is 14.2 Å². The zero-order valence-electron chi connectivity index (χ0n) is 14.8. The van der Waals surface area contributed by atoms with E-state index in [2.05, 4.69) is 9.97 Å². The number of benzene rings is 1. The van der Waals surface area contributed by atoms with Gasteiger partial charge in [0.25, 0.3) is 12.3 Å². The molecule has 1 aromatic carbocycles. The Bertz CT molecular complexity index is 843. The summed E-state index contributed by atoms with van der Waals surface area (Å²) in [5, 5.41) is 0. The molecule has 26 heavy (non-hydrogen) atoms. The average molecular weight is 363 g/mol. The van der Waals surface area contributed by atoms with Crippen LogP contribution in [0.1, 0.15) is 39.6 Å². The van der Waals surface area contributed by atoms with Crippen molar-refractivity contribution < 1.29 is 23.0 Å². The Morgan fingerprint density at radius 2 is 1.77 bits per heavy atom. The van der Waals surface area contributed by atoms with Gasteiger partial charge >= 0.3 is 0 Å². The summed E-state index contributed by atoms with van der Waals surface area (Å²) in [4.78, 5) is 22.0. The van der Waals surface area contributed by atoms with Gasteiger partial charge in [0.2, 0.25) is 0 Å². The summed E-state index contributed by atoms with van der Waals surface area (Å²) in [6.07, 6.45) is -2.12. The first-order valence-corrected chi connectivity index (χ1v) is 8.09. The van der Waals surface area contributed by atoms with E-state index in [-0.39, 0.29) is 11.5 Å². The Balaban J connectivity index is 1.88. The number of aromatic nitrogens is 2.